The van der Waals surface area contributed by atoms with E-state index in [2.05, 4.69) is 30.6 Å². The summed E-state index contributed by atoms with van der Waals surface area (Å²) >= 11 is 0. The molecule has 33 heavy (non-hydrogen) atoms. The zero-order chi connectivity index (χ0) is 23.3. The van der Waals surface area contributed by atoms with Gasteiger partial charge in [-0.2, -0.15) is 9.68 Å². The number of rotatable bonds is 4. The number of carbonyl (C=O) groups excluding carboxylic acids is 1. The fraction of sp³-hybridized carbons (Fsp3) is 0.222. The van der Waals surface area contributed by atoms with Crippen LogP contribution in [0.4, 0.5) is 11.4 Å². The molecule has 6 nitrogen and oxygen atoms in total. The van der Waals surface area contributed by atoms with Gasteiger partial charge in [0.2, 0.25) is 11.4 Å². The third-order valence-electron chi connectivity index (χ3n) is 6.54. The molecule has 0 amide bonds. The lowest BCUT2D eigenvalue weighted by Gasteiger charge is -2.17. The number of carbonyl (C=O) groups is 1. The standard InChI is InChI=1S/C27H26N3O3/c1-27(2)21-14-17(26(31)32-5)10-12-22(21)29(3)25(27)16-28-30(4)18-11-13-24-20(15-18)19-8-6-7-9-23(19)33-24/h6-16H,1-5H3/q+1. The van der Waals surface area contributed by atoms with Crippen molar-refractivity contribution in [3.05, 3.63) is 71.8 Å². The van der Waals surface area contributed by atoms with Gasteiger partial charge in [-0.3, -0.25) is 5.01 Å². The number of fused-ring (bicyclic) bond motifs is 4. The summed E-state index contributed by atoms with van der Waals surface area (Å²) in [6.07, 6.45) is 1.90. The first-order valence-corrected chi connectivity index (χ1v) is 10.8. The van der Waals surface area contributed by atoms with Gasteiger partial charge in [0.05, 0.1) is 23.8 Å². The van der Waals surface area contributed by atoms with E-state index in [1.807, 2.05) is 67.8 Å². The molecular formula is C27H26N3O3+. The lowest BCUT2D eigenvalue weighted by Crippen LogP contribution is -2.30. The highest BCUT2D eigenvalue weighted by Gasteiger charge is 2.44. The van der Waals surface area contributed by atoms with Gasteiger partial charge in [0.25, 0.3) is 0 Å². The van der Waals surface area contributed by atoms with E-state index in [4.69, 9.17) is 14.3 Å². The Kier molecular flexibility index (Phi) is 4.81. The van der Waals surface area contributed by atoms with E-state index in [0.717, 1.165) is 44.6 Å². The number of furan rings is 1. The number of ether oxygens (including phenoxy) is 1. The summed E-state index contributed by atoms with van der Waals surface area (Å²) in [6, 6.07) is 19.8. The number of hydrogen-bond acceptors (Lipinski definition) is 5. The summed E-state index contributed by atoms with van der Waals surface area (Å²) in [4.78, 5) is 12.0. The van der Waals surface area contributed by atoms with Gasteiger partial charge >= 0.3 is 5.97 Å². The molecule has 0 bridgehead atoms. The third-order valence-corrected chi connectivity index (χ3v) is 6.54. The maximum Gasteiger partial charge on any atom is 0.337 e. The zero-order valence-corrected chi connectivity index (χ0v) is 19.4. The molecule has 1 aliphatic heterocycles. The van der Waals surface area contributed by atoms with Crippen LogP contribution in [0.1, 0.15) is 29.8 Å². The molecule has 0 unspecified atom stereocenters. The highest BCUT2D eigenvalue weighted by molar-refractivity contribution is 6.33. The van der Waals surface area contributed by atoms with E-state index in [1.165, 1.54) is 7.11 Å². The summed E-state index contributed by atoms with van der Waals surface area (Å²) in [5, 5.41) is 8.78. The normalized spacial score (nSPS) is 14.9. The Labute approximate surface area is 192 Å². The average Bonchev–Trinajstić information content (AvgIpc) is 3.28. The second-order valence-electron chi connectivity index (χ2n) is 8.84. The number of hydrazone groups is 1. The summed E-state index contributed by atoms with van der Waals surface area (Å²) in [6.45, 7) is 4.28. The molecule has 0 spiro atoms. The van der Waals surface area contributed by atoms with Crippen molar-refractivity contribution in [2.24, 2.45) is 5.10 Å². The van der Waals surface area contributed by atoms with Crippen LogP contribution in [0.3, 0.4) is 0 Å². The zero-order valence-electron chi connectivity index (χ0n) is 19.4. The lowest BCUT2D eigenvalue weighted by molar-refractivity contribution is -0.400. The molecule has 0 fully saturated rings. The highest BCUT2D eigenvalue weighted by Crippen LogP contribution is 2.39. The van der Waals surface area contributed by atoms with Gasteiger partial charge in [-0.1, -0.05) is 18.2 Å². The van der Waals surface area contributed by atoms with Gasteiger partial charge in [0.1, 0.15) is 24.4 Å². The van der Waals surface area contributed by atoms with Crippen LogP contribution in [-0.2, 0) is 10.2 Å². The highest BCUT2D eigenvalue weighted by atomic mass is 16.5. The Bertz CT molecular complexity index is 1480. The molecule has 6 heteroatoms. The van der Waals surface area contributed by atoms with E-state index < -0.39 is 0 Å². The maximum absolute atomic E-state index is 12.0. The number of benzene rings is 3. The van der Waals surface area contributed by atoms with E-state index in [0.29, 0.717) is 5.56 Å². The Morgan fingerprint density at radius 2 is 1.82 bits per heavy atom. The largest absolute Gasteiger partial charge is 0.465 e. The van der Waals surface area contributed by atoms with Gasteiger partial charge in [0, 0.05) is 29.4 Å². The fourth-order valence-corrected chi connectivity index (χ4v) is 4.63. The first kappa shape index (κ1) is 20.9. The van der Waals surface area contributed by atoms with Crippen LogP contribution in [-0.4, -0.2) is 43.7 Å². The van der Waals surface area contributed by atoms with Crippen molar-refractivity contribution in [1.82, 2.24) is 0 Å². The van der Waals surface area contributed by atoms with Crippen molar-refractivity contribution in [1.29, 1.82) is 0 Å². The molecule has 1 aliphatic rings. The van der Waals surface area contributed by atoms with Crippen LogP contribution in [0, 0.1) is 0 Å². The van der Waals surface area contributed by atoms with Crippen LogP contribution in [0.25, 0.3) is 21.9 Å². The summed E-state index contributed by atoms with van der Waals surface area (Å²) in [7, 11) is 5.36. The minimum atomic E-state index is -0.333. The van der Waals surface area contributed by atoms with Crippen molar-refractivity contribution in [2.75, 3.05) is 26.2 Å². The smallest absolute Gasteiger partial charge is 0.337 e. The molecule has 0 saturated heterocycles. The van der Waals surface area contributed by atoms with Gasteiger partial charge in [-0.05, 0) is 50.2 Å². The Balaban J connectivity index is 1.47. The van der Waals surface area contributed by atoms with Crippen LogP contribution < -0.4 is 5.01 Å². The van der Waals surface area contributed by atoms with E-state index in [-0.39, 0.29) is 11.4 Å². The van der Waals surface area contributed by atoms with Gasteiger partial charge in [0.15, 0.2) is 0 Å². The second-order valence-corrected chi connectivity index (χ2v) is 8.84. The van der Waals surface area contributed by atoms with E-state index in [9.17, 15) is 4.79 Å². The number of para-hydroxylation sites is 1. The van der Waals surface area contributed by atoms with Gasteiger partial charge < -0.3 is 9.15 Å². The molecule has 0 N–H and O–H groups in total. The number of hydrogen-bond donors (Lipinski definition) is 0. The Morgan fingerprint density at radius 3 is 2.61 bits per heavy atom. The molecular weight excluding hydrogens is 414 g/mol. The number of methoxy groups -OCH3 is 1. The molecule has 0 saturated carbocycles. The minimum absolute atomic E-state index is 0.316. The molecule has 1 aromatic heterocycles. The van der Waals surface area contributed by atoms with E-state index >= 15 is 0 Å². The van der Waals surface area contributed by atoms with Crippen molar-refractivity contribution in [3.63, 3.8) is 0 Å². The monoisotopic (exact) mass is 440 g/mol. The second kappa shape index (κ2) is 7.59. The Morgan fingerprint density at radius 1 is 1.06 bits per heavy atom. The van der Waals surface area contributed by atoms with Gasteiger partial charge in [-0.25, -0.2) is 4.79 Å². The predicted molar refractivity (Wildman–Crippen MR) is 132 cm³/mol. The molecule has 0 aliphatic carbocycles. The van der Waals surface area contributed by atoms with Crippen LogP contribution in [0.15, 0.2) is 70.2 Å². The van der Waals surface area contributed by atoms with Crippen molar-refractivity contribution in [2.45, 2.75) is 19.3 Å². The molecule has 4 aromatic rings. The van der Waals surface area contributed by atoms with Gasteiger partial charge in [-0.15, -0.1) is 0 Å². The number of esters is 1. The first-order chi connectivity index (χ1) is 15.8. The predicted octanol–water partition coefficient (Wildman–Crippen LogP) is 5.50. The lowest BCUT2D eigenvalue weighted by atomic mass is 9.81. The van der Waals surface area contributed by atoms with Crippen molar-refractivity contribution < 1.29 is 18.5 Å². The number of anilines is 1. The van der Waals surface area contributed by atoms with Crippen LogP contribution in [0.5, 0.6) is 0 Å². The minimum Gasteiger partial charge on any atom is -0.465 e. The molecule has 2 heterocycles. The average molecular weight is 441 g/mol. The maximum atomic E-state index is 12.0. The summed E-state index contributed by atoms with van der Waals surface area (Å²) in [5.74, 6) is -0.333. The van der Waals surface area contributed by atoms with Crippen LogP contribution >= 0.6 is 0 Å². The fourth-order valence-electron chi connectivity index (χ4n) is 4.63. The number of nitrogens with zero attached hydrogens (tertiary/aromatic N) is 3. The summed E-state index contributed by atoms with van der Waals surface area (Å²) < 4.78 is 13.0. The van der Waals surface area contributed by atoms with E-state index in [1.54, 1.807) is 6.07 Å². The SMILES string of the molecule is COC(=O)c1ccc2c(c1)C(C)(C)C(C=NN(C)c1ccc3oc4ccccc4c3c1)=[N+]2C. The molecule has 0 atom stereocenters. The topological polar surface area (TPSA) is 58.0 Å². The summed E-state index contributed by atoms with van der Waals surface area (Å²) in [5.41, 5.74) is 6.12. The molecule has 3 aromatic carbocycles. The molecule has 5 rings (SSSR count). The Hall–Kier alpha value is -3.93. The first-order valence-electron chi connectivity index (χ1n) is 10.8. The van der Waals surface area contributed by atoms with Crippen molar-refractivity contribution >= 4 is 51.2 Å². The van der Waals surface area contributed by atoms with Crippen molar-refractivity contribution in [3.8, 4) is 0 Å². The van der Waals surface area contributed by atoms with Crippen LogP contribution in [0.2, 0.25) is 0 Å². The molecule has 0 radical (unpaired) electrons. The quantitative estimate of drug-likeness (QED) is 0.182. The third kappa shape index (κ3) is 3.30. The molecule has 166 valence electrons.